The Kier molecular flexibility index (Phi) is 4.57. The molecule has 2 aliphatic heterocycles. The van der Waals surface area contributed by atoms with Gasteiger partial charge in [-0.05, 0) is 46.7 Å². The molecular weight excluding hydrogens is 310 g/mol. The lowest BCUT2D eigenvalue weighted by Gasteiger charge is -2.38. The SMILES string of the molecule is CCCN1CC(n2cc(C=C(F)B3OC(C)(C)C(C)(C)O3)nn2)C1. The molecule has 3 rings (SSSR count). The van der Waals surface area contributed by atoms with E-state index in [1.807, 2.05) is 32.4 Å². The quantitative estimate of drug-likeness (QED) is 0.774. The molecule has 0 bridgehead atoms. The molecule has 0 amide bonds. The van der Waals surface area contributed by atoms with Gasteiger partial charge in [-0.25, -0.2) is 9.07 Å². The van der Waals surface area contributed by atoms with E-state index >= 15 is 0 Å². The summed E-state index contributed by atoms with van der Waals surface area (Å²) < 4.78 is 27.7. The van der Waals surface area contributed by atoms with Crippen molar-refractivity contribution in [1.29, 1.82) is 0 Å². The van der Waals surface area contributed by atoms with Crippen LogP contribution in [0.5, 0.6) is 0 Å². The summed E-state index contributed by atoms with van der Waals surface area (Å²) in [5.41, 5.74) is -1.12. The first kappa shape index (κ1) is 17.6. The van der Waals surface area contributed by atoms with Gasteiger partial charge in [0, 0.05) is 13.1 Å². The largest absolute Gasteiger partial charge is 0.525 e. The van der Waals surface area contributed by atoms with Crippen molar-refractivity contribution >= 4 is 13.2 Å². The van der Waals surface area contributed by atoms with Crippen molar-refractivity contribution in [2.75, 3.05) is 19.6 Å². The summed E-state index contributed by atoms with van der Waals surface area (Å²) in [7, 11) is -0.996. The van der Waals surface area contributed by atoms with Crippen molar-refractivity contribution in [3.8, 4) is 0 Å². The van der Waals surface area contributed by atoms with Gasteiger partial charge in [0.15, 0.2) is 0 Å². The van der Waals surface area contributed by atoms with Crippen LogP contribution in [0.15, 0.2) is 11.9 Å². The van der Waals surface area contributed by atoms with E-state index in [1.54, 1.807) is 6.20 Å². The summed E-state index contributed by atoms with van der Waals surface area (Å²) in [4.78, 5) is 2.37. The lowest BCUT2D eigenvalue weighted by Crippen LogP contribution is -2.47. The molecule has 24 heavy (non-hydrogen) atoms. The van der Waals surface area contributed by atoms with E-state index in [-0.39, 0.29) is 0 Å². The van der Waals surface area contributed by atoms with Gasteiger partial charge in [-0.3, -0.25) is 4.90 Å². The van der Waals surface area contributed by atoms with E-state index < -0.39 is 24.0 Å². The van der Waals surface area contributed by atoms with Gasteiger partial charge in [-0.15, -0.1) is 5.10 Å². The Morgan fingerprint density at radius 1 is 1.33 bits per heavy atom. The van der Waals surface area contributed by atoms with Crippen molar-refractivity contribution in [1.82, 2.24) is 19.9 Å². The first-order valence-corrected chi connectivity index (χ1v) is 8.59. The Morgan fingerprint density at radius 2 is 1.96 bits per heavy atom. The van der Waals surface area contributed by atoms with E-state index in [0.717, 1.165) is 26.1 Å². The smallest absolute Gasteiger partial charge is 0.398 e. The minimum absolute atomic E-state index is 0.325. The van der Waals surface area contributed by atoms with Gasteiger partial charge in [0.2, 0.25) is 0 Å². The van der Waals surface area contributed by atoms with E-state index in [1.165, 1.54) is 6.08 Å². The Morgan fingerprint density at radius 3 is 2.54 bits per heavy atom. The zero-order valence-electron chi connectivity index (χ0n) is 15.1. The number of halogens is 1. The maximum atomic E-state index is 14.5. The summed E-state index contributed by atoms with van der Waals surface area (Å²) in [6, 6.07) is 0.325. The molecule has 2 fully saturated rings. The molecule has 0 N–H and O–H groups in total. The molecule has 0 saturated carbocycles. The van der Waals surface area contributed by atoms with Crippen molar-refractivity contribution in [3.05, 3.63) is 17.6 Å². The second-order valence-electron chi connectivity index (χ2n) is 7.65. The molecule has 0 aromatic carbocycles. The molecule has 0 unspecified atom stereocenters. The van der Waals surface area contributed by atoms with Crippen molar-refractivity contribution in [3.63, 3.8) is 0 Å². The average molecular weight is 336 g/mol. The lowest BCUT2D eigenvalue weighted by atomic mass is 9.87. The molecular formula is C16H26BFN4O2. The minimum atomic E-state index is -0.996. The van der Waals surface area contributed by atoms with E-state index in [0.29, 0.717) is 11.7 Å². The zero-order valence-corrected chi connectivity index (χ0v) is 15.1. The maximum Gasteiger partial charge on any atom is 0.525 e. The number of likely N-dealkylation sites (tertiary alicyclic amines) is 1. The normalized spacial score (nSPS) is 24.4. The standard InChI is InChI=1S/C16H26BFN4O2/c1-6-7-21-10-13(11-21)22-9-12(19-20-22)8-14(18)17-23-15(2,3)16(4,5)24-17/h8-9,13H,6-7,10-11H2,1-5H3. The van der Waals surface area contributed by atoms with Gasteiger partial charge in [0.25, 0.3) is 0 Å². The first-order chi connectivity index (χ1) is 11.2. The third-order valence-corrected chi connectivity index (χ3v) is 5.14. The summed E-state index contributed by atoms with van der Waals surface area (Å²) in [5, 5.41) is 8.16. The van der Waals surface area contributed by atoms with E-state index in [2.05, 4.69) is 22.1 Å². The number of rotatable bonds is 5. The Balaban J connectivity index is 1.63. The van der Waals surface area contributed by atoms with Gasteiger partial charge in [-0.1, -0.05) is 12.1 Å². The van der Waals surface area contributed by atoms with Gasteiger partial charge >= 0.3 is 7.12 Å². The van der Waals surface area contributed by atoms with Crippen LogP contribution in [0.1, 0.15) is 52.8 Å². The molecule has 1 aromatic rings. The molecule has 0 radical (unpaired) electrons. The van der Waals surface area contributed by atoms with Crippen LogP contribution in [-0.4, -0.2) is 57.8 Å². The van der Waals surface area contributed by atoms with Gasteiger partial charge in [0.1, 0.15) is 11.4 Å². The Hall–Kier alpha value is -1.25. The van der Waals surface area contributed by atoms with Crippen molar-refractivity contribution < 1.29 is 13.7 Å². The number of aromatic nitrogens is 3. The van der Waals surface area contributed by atoms with Gasteiger partial charge in [0.05, 0.1) is 23.4 Å². The third-order valence-electron chi connectivity index (χ3n) is 5.14. The molecule has 8 heteroatoms. The molecule has 2 aliphatic rings. The fourth-order valence-electron chi connectivity index (χ4n) is 2.91. The molecule has 0 atom stereocenters. The summed E-state index contributed by atoms with van der Waals surface area (Å²) in [6.45, 7) is 12.8. The van der Waals surface area contributed by atoms with Crippen LogP contribution in [0.25, 0.3) is 6.08 Å². The van der Waals surface area contributed by atoms with Crippen LogP contribution in [0.4, 0.5) is 4.39 Å². The molecule has 0 aliphatic carbocycles. The topological polar surface area (TPSA) is 52.4 Å². The predicted octanol–water partition coefficient (Wildman–Crippen LogP) is 2.49. The van der Waals surface area contributed by atoms with Crippen LogP contribution in [0.2, 0.25) is 0 Å². The highest BCUT2D eigenvalue weighted by molar-refractivity contribution is 6.54. The van der Waals surface area contributed by atoms with Crippen LogP contribution in [0, 0.1) is 0 Å². The summed E-state index contributed by atoms with van der Waals surface area (Å²) in [6.07, 6.45) is 4.27. The van der Waals surface area contributed by atoms with Gasteiger partial charge in [-0.2, -0.15) is 0 Å². The summed E-state index contributed by atoms with van der Waals surface area (Å²) in [5.74, 6) is 0. The summed E-state index contributed by atoms with van der Waals surface area (Å²) >= 11 is 0. The van der Waals surface area contributed by atoms with Crippen LogP contribution >= 0.6 is 0 Å². The highest BCUT2D eigenvalue weighted by Crippen LogP contribution is 2.39. The van der Waals surface area contributed by atoms with E-state index in [9.17, 15) is 4.39 Å². The second kappa shape index (κ2) is 6.24. The Bertz CT molecular complexity index is 609. The lowest BCUT2D eigenvalue weighted by molar-refractivity contribution is 0.00578. The van der Waals surface area contributed by atoms with Crippen LogP contribution < -0.4 is 0 Å². The fourth-order valence-corrected chi connectivity index (χ4v) is 2.91. The second-order valence-corrected chi connectivity index (χ2v) is 7.65. The number of hydrogen-bond acceptors (Lipinski definition) is 5. The van der Waals surface area contributed by atoms with Crippen LogP contribution in [0.3, 0.4) is 0 Å². The van der Waals surface area contributed by atoms with E-state index in [4.69, 9.17) is 9.31 Å². The monoisotopic (exact) mass is 336 g/mol. The molecule has 2 saturated heterocycles. The maximum absolute atomic E-state index is 14.5. The fraction of sp³-hybridized carbons (Fsp3) is 0.750. The number of nitrogens with zero attached hydrogens (tertiary/aromatic N) is 4. The molecule has 0 spiro atoms. The third kappa shape index (κ3) is 3.27. The zero-order chi connectivity index (χ0) is 17.5. The van der Waals surface area contributed by atoms with Gasteiger partial charge < -0.3 is 9.31 Å². The molecule has 3 heterocycles. The predicted molar refractivity (Wildman–Crippen MR) is 91.0 cm³/mol. The van der Waals surface area contributed by atoms with Crippen molar-refractivity contribution in [2.24, 2.45) is 0 Å². The Labute approximate surface area is 143 Å². The molecule has 1 aromatic heterocycles. The van der Waals surface area contributed by atoms with Crippen LogP contribution in [-0.2, 0) is 9.31 Å². The highest BCUT2D eigenvalue weighted by Gasteiger charge is 2.53. The highest BCUT2D eigenvalue weighted by atomic mass is 19.1. The average Bonchev–Trinajstić information content (AvgIpc) is 2.96. The minimum Gasteiger partial charge on any atom is -0.398 e. The number of hydrogen-bond donors (Lipinski definition) is 0. The first-order valence-electron chi connectivity index (χ1n) is 8.59. The van der Waals surface area contributed by atoms with Crippen molar-refractivity contribution in [2.45, 2.75) is 58.3 Å². The molecule has 6 nitrogen and oxygen atoms in total. The molecule has 132 valence electrons.